The maximum atomic E-state index is 11.8. The molecule has 5 nitrogen and oxygen atoms in total. The Morgan fingerprint density at radius 3 is 2.61 bits per heavy atom. The minimum absolute atomic E-state index is 0.170. The van der Waals surface area contributed by atoms with Crippen LogP contribution in [0.1, 0.15) is 44.7 Å². The van der Waals surface area contributed by atoms with Gasteiger partial charge in [0.1, 0.15) is 5.75 Å². The van der Waals surface area contributed by atoms with E-state index in [-0.39, 0.29) is 17.9 Å². The van der Waals surface area contributed by atoms with E-state index in [0.29, 0.717) is 4.91 Å². The number of amides is 2. The standard InChI is InChI=1S/C22H27NO4S/c1-15(2)6-5-7-16(3)8-10-18-12-17(9-11-19(18)27-14-26-4)13-20-21(24)23-22(25)28-20/h6,8-9,11-13H,5,7,10,14H2,1-4H3,(H,23,24,25)/b16-8+,20-13+. The second kappa shape index (κ2) is 10.9. The van der Waals surface area contributed by atoms with Gasteiger partial charge in [-0.15, -0.1) is 0 Å². The topological polar surface area (TPSA) is 64.6 Å². The van der Waals surface area contributed by atoms with E-state index in [1.807, 2.05) is 18.2 Å². The van der Waals surface area contributed by atoms with Crippen LogP contribution in [0.2, 0.25) is 0 Å². The molecule has 2 rings (SSSR count). The molecule has 0 bridgehead atoms. The third kappa shape index (κ3) is 7.02. The van der Waals surface area contributed by atoms with E-state index in [1.165, 1.54) is 11.1 Å². The van der Waals surface area contributed by atoms with Gasteiger partial charge in [-0.1, -0.05) is 29.4 Å². The zero-order valence-corrected chi connectivity index (χ0v) is 17.7. The summed E-state index contributed by atoms with van der Waals surface area (Å²) in [5.41, 5.74) is 4.50. The van der Waals surface area contributed by atoms with Crippen molar-refractivity contribution in [3.8, 4) is 5.75 Å². The molecule has 28 heavy (non-hydrogen) atoms. The Hall–Kier alpha value is -2.31. The highest BCUT2D eigenvalue weighted by Gasteiger charge is 2.25. The van der Waals surface area contributed by atoms with Crippen molar-refractivity contribution in [2.75, 3.05) is 13.9 Å². The number of carbonyl (C=O) groups excluding carboxylic acids is 2. The number of ether oxygens (including phenoxy) is 2. The van der Waals surface area contributed by atoms with Crippen molar-refractivity contribution >= 4 is 29.0 Å². The van der Waals surface area contributed by atoms with Gasteiger partial charge in [0, 0.05) is 7.11 Å². The lowest BCUT2D eigenvalue weighted by Crippen LogP contribution is -2.17. The van der Waals surface area contributed by atoms with E-state index in [0.717, 1.165) is 47.9 Å². The maximum Gasteiger partial charge on any atom is 0.290 e. The summed E-state index contributed by atoms with van der Waals surface area (Å²) in [5, 5.41) is 1.93. The number of hydrogen-bond donors (Lipinski definition) is 1. The molecule has 150 valence electrons. The summed E-state index contributed by atoms with van der Waals surface area (Å²) in [5.74, 6) is 0.392. The molecule has 0 atom stereocenters. The normalized spacial score (nSPS) is 15.7. The molecular weight excluding hydrogens is 374 g/mol. The zero-order chi connectivity index (χ0) is 20.5. The molecule has 1 fully saturated rings. The summed E-state index contributed by atoms with van der Waals surface area (Å²) in [6.45, 7) is 6.51. The second-order valence-electron chi connectivity index (χ2n) is 6.85. The van der Waals surface area contributed by atoms with E-state index >= 15 is 0 Å². The summed E-state index contributed by atoms with van der Waals surface area (Å²) in [7, 11) is 1.58. The summed E-state index contributed by atoms with van der Waals surface area (Å²) in [6.07, 6.45) is 8.93. The molecule has 0 saturated carbocycles. The molecule has 1 aliphatic heterocycles. The highest BCUT2D eigenvalue weighted by molar-refractivity contribution is 8.18. The fraction of sp³-hybridized carbons (Fsp3) is 0.364. The number of methoxy groups -OCH3 is 1. The zero-order valence-electron chi connectivity index (χ0n) is 16.8. The van der Waals surface area contributed by atoms with Crippen LogP contribution in [0.3, 0.4) is 0 Å². The fourth-order valence-electron chi connectivity index (χ4n) is 2.66. The minimum atomic E-state index is -0.355. The largest absolute Gasteiger partial charge is 0.467 e. The Balaban J connectivity index is 2.19. The first-order chi connectivity index (χ1) is 13.4. The Kier molecular flexibility index (Phi) is 8.54. The first-order valence-electron chi connectivity index (χ1n) is 9.17. The summed E-state index contributed by atoms with van der Waals surface area (Å²) in [4.78, 5) is 23.5. The third-order valence-electron chi connectivity index (χ3n) is 4.12. The fourth-order valence-corrected chi connectivity index (χ4v) is 3.34. The molecule has 1 aromatic carbocycles. The Bertz CT molecular complexity index is 820. The van der Waals surface area contributed by atoms with Crippen molar-refractivity contribution in [2.24, 2.45) is 0 Å². The predicted molar refractivity (Wildman–Crippen MR) is 114 cm³/mol. The van der Waals surface area contributed by atoms with Crippen molar-refractivity contribution in [1.82, 2.24) is 5.32 Å². The molecule has 2 amide bonds. The number of rotatable bonds is 9. The lowest BCUT2D eigenvalue weighted by molar-refractivity contribution is -0.115. The summed E-state index contributed by atoms with van der Waals surface area (Å²) < 4.78 is 10.7. The first-order valence-corrected chi connectivity index (χ1v) is 9.99. The van der Waals surface area contributed by atoms with Gasteiger partial charge in [-0.2, -0.15) is 0 Å². The molecule has 0 radical (unpaired) electrons. The monoisotopic (exact) mass is 401 g/mol. The van der Waals surface area contributed by atoms with Gasteiger partial charge in [0.25, 0.3) is 11.1 Å². The van der Waals surface area contributed by atoms with E-state index in [2.05, 4.69) is 38.2 Å². The molecule has 1 heterocycles. The van der Waals surface area contributed by atoms with E-state index in [4.69, 9.17) is 9.47 Å². The molecule has 0 unspecified atom stereocenters. The van der Waals surface area contributed by atoms with Crippen molar-refractivity contribution in [3.63, 3.8) is 0 Å². The summed E-state index contributed by atoms with van der Waals surface area (Å²) >= 11 is 0.915. The van der Waals surface area contributed by atoms with Crippen LogP contribution in [-0.4, -0.2) is 25.0 Å². The lowest BCUT2D eigenvalue weighted by atomic mass is 10.0. The number of hydrogen-bond acceptors (Lipinski definition) is 5. The maximum absolute atomic E-state index is 11.8. The van der Waals surface area contributed by atoms with Crippen LogP contribution in [0.15, 0.2) is 46.4 Å². The molecule has 0 spiro atoms. The van der Waals surface area contributed by atoms with Crippen LogP contribution in [-0.2, 0) is 16.0 Å². The van der Waals surface area contributed by atoms with Gasteiger partial charge in [-0.3, -0.25) is 14.9 Å². The van der Waals surface area contributed by atoms with E-state index in [9.17, 15) is 9.59 Å². The highest BCUT2D eigenvalue weighted by Crippen LogP contribution is 2.28. The number of benzene rings is 1. The van der Waals surface area contributed by atoms with Gasteiger partial charge >= 0.3 is 0 Å². The Labute approximate surface area is 170 Å². The number of imide groups is 1. The summed E-state index contributed by atoms with van der Waals surface area (Å²) in [6, 6.07) is 5.71. The van der Waals surface area contributed by atoms with E-state index < -0.39 is 0 Å². The molecule has 1 saturated heterocycles. The highest BCUT2D eigenvalue weighted by atomic mass is 32.2. The van der Waals surface area contributed by atoms with Crippen LogP contribution < -0.4 is 10.1 Å². The molecule has 0 aliphatic carbocycles. The van der Waals surface area contributed by atoms with Crippen LogP contribution >= 0.6 is 11.8 Å². The predicted octanol–water partition coefficient (Wildman–Crippen LogP) is 5.23. The average molecular weight is 402 g/mol. The van der Waals surface area contributed by atoms with Gasteiger partial charge in [0.05, 0.1) is 4.91 Å². The van der Waals surface area contributed by atoms with Crippen molar-refractivity contribution in [1.29, 1.82) is 0 Å². The quantitative estimate of drug-likeness (QED) is 0.349. The van der Waals surface area contributed by atoms with Crippen molar-refractivity contribution in [3.05, 3.63) is 57.5 Å². The lowest BCUT2D eigenvalue weighted by Gasteiger charge is -2.11. The van der Waals surface area contributed by atoms with Crippen LogP contribution in [0.4, 0.5) is 4.79 Å². The number of nitrogens with one attached hydrogen (secondary N) is 1. The SMILES string of the molecule is COCOc1ccc(/C=C2/SC(=O)NC2=O)cc1C/C=C(\C)CCC=C(C)C. The molecule has 1 aliphatic rings. The smallest absolute Gasteiger partial charge is 0.290 e. The van der Waals surface area contributed by atoms with Crippen LogP contribution in [0.25, 0.3) is 6.08 Å². The molecule has 1 aromatic rings. The number of allylic oxidation sites excluding steroid dienone is 4. The number of thioether (sulfide) groups is 1. The van der Waals surface area contributed by atoms with Crippen LogP contribution in [0.5, 0.6) is 5.75 Å². The average Bonchev–Trinajstić information content (AvgIpc) is 2.95. The molecule has 0 aromatic heterocycles. The van der Waals surface area contributed by atoms with Crippen molar-refractivity contribution < 1.29 is 19.1 Å². The van der Waals surface area contributed by atoms with E-state index in [1.54, 1.807) is 13.2 Å². The van der Waals surface area contributed by atoms with Gasteiger partial charge in [0.15, 0.2) is 6.79 Å². The van der Waals surface area contributed by atoms with Gasteiger partial charge in [0.2, 0.25) is 0 Å². The van der Waals surface area contributed by atoms with Gasteiger partial charge < -0.3 is 9.47 Å². The van der Waals surface area contributed by atoms with Crippen LogP contribution in [0, 0.1) is 0 Å². The molecular formula is C22H27NO4S. The molecule has 1 N–H and O–H groups in total. The van der Waals surface area contributed by atoms with Gasteiger partial charge in [-0.05, 0) is 81.1 Å². The Morgan fingerprint density at radius 1 is 1.18 bits per heavy atom. The molecule has 6 heteroatoms. The van der Waals surface area contributed by atoms with Gasteiger partial charge in [-0.25, -0.2) is 0 Å². The second-order valence-corrected chi connectivity index (χ2v) is 7.86. The first kappa shape index (κ1) is 22.0. The minimum Gasteiger partial charge on any atom is -0.467 e. The van der Waals surface area contributed by atoms with Crippen molar-refractivity contribution in [2.45, 2.75) is 40.0 Å². The third-order valence-corrected chi connectivity index (χ3v) is 4.93. The Morgan fingerprint density at radius 2 is 1.96 bits per heavy atom. The number of carbonyl (C=O) groups is 2.